The van der Waals surface area contributed by atoms with Gasteiger partial charge in [-0.3, -0.25) is 14.6 Å². The van der Waals surface area contributed by atoms with Crippen molar-refractivity contribution in [3.63, 3.8) is 0 Å². The van der Waals surface area contributed by atoms with E-state index in [-0.39, 0.29) is 18.0 Å². The Kier molecular flexibility index (Phi) is 5.88. The molecule has 3 aromatic rings. The molecule has 0 radical (unpaired) electrons. The number of nitrogens with zero attached hydrogens (tertiary/aromatic N) is 3. The van der Waals surface area contributed by atoms with Gasteiger partial charge in [-0.15, -0.1) is 0 Å². The quantitative estimate of drug-likeness (QED) is 0.568. The van der Waals surface area contributed by atoms with E-state index in [1.807, 2.05) is 61.2 Å². The van der Waals surface area contributed by atoms with Crippen LogP contribution in [0.25, 0.3) is 0 Å². The second-order valence-corrected chi connectivity index (χ2v) is 10.5. The lowest BCUT2D eigenvalue weighted by atomic mass is 9.89. The number of carbonyl (C=O) groups is 2. The fraction of sp³-hybridized carbons (Fsp3) is 0.333. The molecule has 0 saturated carbocycles. The van der Waals surface area contributed by atoms with Crippen LogP contribution in [0, 0.1) is 6.92 Å². The van der Waals surface area contributed by atoms with Crippen molar-refractivity contribution in [3.05, 3.63) is 95.1 Å². The summed E-state index contributed by atoms with van der Waals surface area (Å²) in [5.74, 6) is 0.780. The van der Waals surface area contributed by atoms with Crippen molar-refractivity contribution in [1.82, 2.24) is 15.1 Å². The lowest BCUT2D eigenvalue weighted by Crippen LogP contribution is -2.65. The van der Waals surface area contributed by atoms with Crippen LogP contribution in [0.3, 0.4) is 0 Å². The number of hydrogen-bond acceptors (Lipinski definition) is 4. The van der Waals surface area contributed by atoms with Gasteiger partial charge < -0.3 is 15.0 Å². The number of urea groups is 1. The van der Waals surface area contributed by atoms with Crippen molar-refractivity contribution in [1.29, 1.82) is 0 Å². The van der Waals surface area contributed by atoms with Crippen LogP contribution in [0.4, 0.5) is 10.5 Å². The van der Waals surface area contributed by atoms with E-state index in [1.165, 1.54) is 5.56 Å². The fourth-order valence-electron chi connectivity index (χ4n) is 5.80. The third-order valence-corrected chi connectivity index (χ3v) is 7.69. The lowest BCUT2D eigenvalue weighted by molar-refractivity contribution is 0.0377. The third-order valence-electron chi connectivity index (χ3n) is 7.69. The Balaban J connectivity index is 1.18. The minimum Gasteiger partial charge on any atom is -0.467 e. The van der Waals surface area contributed by atoms with Crippen molar-refractivity contribution in [2.45, 2.75) is 38.6 Å². The van der Waals surface area contributed by atoms with Crippen LogP contribution >= 0.6 is 0 Å². The Morgan fingerprint density at radius 2 is 1.78 bits per heavy atom. The molecular formula is C30H32N4O3. The van der Waals surface area contributed by atoms with E-state index in [2.05, 4.69) is 40.5 Å². The van der Waals surface area contributed by atoms with Gasteiger partial charge in [0.15, 0.2) is 5.72 Å². The van der Waals surface area contributed by atoms with Crippen molar-refractivity contribution in [3.8, 4) is 5.75 Å². The molecule has 3 heterocycles. The van der Waals surface area contributed by atoms with E-state index >= 15 is 0 Å². The van der Waals surface area contributed by atoms with Gasteiger partial charge in [0, 0.05) is 50.3 Å². The third kappa shape index (κ3) is 4.44. The molecule has 3 aromatic carbocycles. The second-order valence-electron chi connectivity index (χ2n) is 10.5. The van der Waals surface area contributed by atoms with E-state index in [0.29, 0.717) is 30.8 Å². The fourth-order valence-corrected chi connectivity index (χ4v) is 5.80. The van der Waals surface area contributed by atoms with Crippen LogP contribution in [0.1, 0.15) is 46.4 Å². The molecule has 2 saturated heterocycles. The lowest BCUT2D eigenvalue weighted by Gasteiger charge is -2.50. The first-order valence-electron chi connectivity index (χ1n) is 13.0. The zero-order chi connectivity index (χ0) is 25.6. The number of piperazine rings is 1. The monoisotopic (exact) mass is 496 g/mol. The zero-order valence-electron chi connectivity index (χ0n) is 21.3. The maximum atomic E-state index is 13.4. The molecule has 7 nitrogen and oxygen atoms in total. The largest absolute Gasteiger partial charge is 0.467 e. The number of ether oxygens (including phenoxy) is 1. The molecule has 2 bridgehead atoms. The van der Waals surface area contributed by atoms with E-state index in [9.17, 15) is 9.59 Å². The average Bonchev–Trinajstić information content (AvgIpc) is 2.89. The number of anilines is 1. The summed E-state index contributed by atoms with van der Waals surface area (Å²) in [6.45, 7) is 7.91. The molecule has 2 fully saturated rings. The van der Waals surface area contributed by atoms with Gasteiger partial charge in [0.2, 0.25) is 0 Å². The molecule has 7 heteroatoms. The Labute approximate surface area is 217 Å². The summed E-state index contributed by atoms with van der Waals surface area (Å²) in [6.07, 6.45) is 0.622. The number of hydrogen-bond donors (Lipinski definition) is 1. The van der Waals surface area contributed by atoms with Crippen LogP contribution in [0.2, 0.25) is 0 Å². The van der Waals surface area contributed by atoms with E-state index in [0.717, 1.165) is 36.5 Å². The zero-order valence-corrected chi connectivity index (χ0v) is 21.3. The number of fused-ring (bicyclic) bond motifs is 4. The summed E-state index contributed by atoms with van der Waals surface area (Å²) in [5.41, 5.74) is 3.82. The van der Waals surface area contributed by atoms with Crippen LogP contribution < -0.4 is 15.0 Å². The summed E-state index contributed by atoms with van der Waals surface area (Å²) >= 11 is 0. The molecule has 3 aliphatic heterocycles. The minimum absolute atomic E-state index is 0.00737. The molecule has 1 N–H and O–H groups in total. The molecule has 3 amide bonds. The predicted octanol–water partition coefficient (Wildman–Crippen LogP) is 4.72. The van der Waals surface area contributed by atoms with E-state index < -0.39 is 5.72 Å². The first-order valence-corrected chi connectivity index (χ1v) is 13.0. The summed E-state index contributed by atoms with van der Waals surface area (Å²) in [5, 5.41) is 3.15. The number of rotatable bonds is 4. The Morgan fingerprint density at radius 1 is 1.00 bits per heavy atom. The molecular weight excluding hydrogens is 464 g/mol. The number of carbonyl (C=O) groups excluding carboxylic acids is 2. The van der Waals surface area contributed by atoms with Crippen LogP contribution in [-0.4, -0.2) is 53.6 Å². The Morgan fingerprint density at radius 3 is 2.57 bits per heavy atom. The maximum Gasteiger partial charge on any atom is 0.325 e. The summed E-state index contributed by atoms with van der Waals surface area (Å²) in [4.78, 5) is 32.7. The van der Waals surface area contributed by atoms with Gasteiger partial charge in [0.1, 0.15) is 5.75 Å². The Bertz CT molecular complexity index is 1340. The maximum absolute atomic E-state index is 13.4. The molecule has 0 aliphatic carbocycles. The first kappa shape index (κ1) is 23.6. The number of aryl methyl sites for hydroxylation is 1. The predicted molar refractivity (Wildman–Crippen MR) is 143 cm³/mol. The topological polar surface area (TPSA) is 65.1 Å². The van der Waals surface area contributed by atoms with Crippen LogP contribution in [0.15, 0.2) is 72.8 Å². The summed E-state index contributed by atoms with van der Waals surface area (Å²) in [7, 11) is 0. The number of amides is 3. The van der Waals surface area contributed by atoms with Crippen molar-refractivity contribution in [2.24, 2.45) is 0 Å². The van der Waals surface area contributed by atoms with Crippen molar-refractivity contribution < 1.29 is 14.3 Å². The highest BCUT2D eigenvalue weighted by atomic mass is 16.5. The highest BCUT2D eigenvalue weighted by Gasteiger charge is 2.50. The van der Waals surface area contributed by atoms with Gasteiger partial charge >= 0.3 is 6.03 Å². The smallest absolute Gasteiger partial charge is 0.325 e. The van der Waals surface area contributed by atoms with Crippen molar-refractivity contribution in [2.75, 3.05) is 31.1 Å². The second kappa shape index (κ2) is 9.23. The van der Waals surface area contributed by atoms with Crippen LogP contribution in [-0.2, 0) is 6.54 Å². The molecule has 37 heavy (non-hydrogen) atoms. The molecule has 2 atom stereocenters. The van der Waals surface area contributed by atoms with E-state index in [1.54, 1.807) is 4.90 Å². The molecule has 6 rings (SSSR count). The molecule has 190 valence electrons. The molecule has 3 aliphatic rings. The van der Waals surface area contributed by atoms with Crippen LogP contribution in [0.5, 0.6) is 5.75 Å². The van der Waals surface area contributed by atoms with E-state index in [4.69, 9.17) is 4.74 Å². The Hall–Kier alpha value is -3.84. The molecule has 0 unspecified atom stereocenters. The van der Waals surface area contributed by atoms with Gasteiger partial charge in [-0.2, -0.15) is 0 Å². The minimum atomic E-state index is -0.847. The highest BCUT2D eigenvalue weighted by Crippen LogP contribution is 2.45. The SMILES string of the molecule is Cc1ccc2c(c1)[C@H]1C[C@@](C)(O2)N(c2cccc(C(=O)N3CCN(Cc4ccccc4)CC3)c2)C(=O)N1. The normalized spacial score (nSPS) is 23.2. The summed E-state index contributed by atoms with van der Waals surface area (Å²) in [6, 6.07) is 23.5. The first-order chi connectivity index (χ1) is 17.9. The molecule has 0 spiro atoms. The van der Waals surface area contributed by atoms with Gasteiger partial charge in [-0.05, 0) is 43.7 Å². The average molecular weight is 497 g/mol. The number of nitrogens with one attached hydrogen (secondary N) is 1. The highest BCUT2D eigenvalue weighted by molar-refractivity contribution is 5.99. The summed E-state index contributed by atoms with van der Waals surface area (Å²) < 4.78 is 6.42. The molecule has 0 aromatic heterocycles. The van der Waals surface area contributed by atoms with Gasteiger partial charge in [-0.1, -0.05) is 54.1 Å². The van der Waals surface area contributed by atoms with Gasteiger partial charge in [0.05, 0.1) is 11.7 Å². The standard InChI is InChI=1S/C30H32N4O3/c1-21-11-12-27-25(17-21)26-19-30(2,37-27)34(29(36)31-26)24-10-6-9-23(18-24)28(35)33-15-13-32(14-16-33)20-22-7-4-3-5-8-22/h3-12,17-18,26H,13-16,19-20H2,1-2H3,(H,31,36)/t26-,30-/m1/s1. The van der Waals surface area contributed by atoms with Crippen molar-refractivity contribution >= 4 is 17.6 Å². The van der Waals surface area contributed by atoms with Gasteiger partial charge in [0.25, 0.3) is 5.91 Å². The number of benzene rings is 3. The van der Waals surface area contributed by atoms with Gasteiger partial charge in [-0.25, -0.2) is 4.79 Å².